The number of ketones is 1. The number of amides is 5. The molecule has 48 nitrogen and oxygen atoms in total. The van der Waals surface area contributed by atoms with Gasteiger partial charge >= 0.3 is 25.9 Å². The maximum atomic E-state index is 13.7. The summed E-state index contributed by atoms with van der Waals surface area (Å²) in [6.07, 6.45) is -54.1. The number of hydrogen-bond acceptors (Lipinski definition) is 38. The van der Waals surface area contributed by atoms with Crippen LogP contribution in [0.15, 0.2) is 18.2 Å². The monoisotopic (exact) mass is 1520 g/mol. The average molecular weight is 1520 g/mol. The van der Waals surface area contributed by atoms with Crippen molar-refractivity contribution in [2.75, 3.05) is 39.5 Å². The predicted octanol–water partition coefficient (Wildman–Crippen LogP) is -10.2. The first-order chi connectivity index (χ1) is 48.8. The lowest BCUT2D eigenvalue weighted by molar-refractivity contribution is -0.385. The first-order valence-corrected chi connectivity index (χ1v) is 32.6. The first kappa shape index (κ1) is 83.7. The zero-order valence-electron chi connectivity index (χ0n) is 54.9. The summed E-state index contributed by atoms with van der Waals surface area (Å²) in [5.74, 6) is -10.5. The summed E-state index contributed by atoms with van der Waals surface area (Å²) in [6.45, 7) is -1.02. The number of carbonyl (C=O) groups excluding carboxylic acids is 7. The van der Waals surface area contributed by atoms with E-state index in [1.807, 2.05) is 0 Å². The van der Waals surface area contributed by atoms with Crippen LogP contribution < -0.4 is 33.2 Å². The number of nitrogens with one attached hydrogen (secondary N) is 3. The van der Waals surface area contributed by atoms with Crippen molar-refractivity contribution in [3.63, 3.8) is 0 Å². The fourth-order valence-corrected chi connectivity index (χ4v) is 12.2. The number of aliphatic hydroxyl groups is 10. The van der Waals surface area contributed by atoms with E-state index < -0.39 is 281 Å². The van der Waals surface area contributed by atoms with Gasteiger partial charge in [0.2, 0.25) is 29.3 Å². The number of nitrogens with two attached hydrogens (primary N) is 3. The van der Waals surface area contributed by atoms with Crippen LogP contribution in [0.2, 0.25) is 0 Å². The Balaban J connectivity index is 1.26. The number of rotatable bonds is 33. The van der Waals surface area contributed by atoms with Crippen molar-refractivity contribution in [2.24, 2.45) is 17.2 Å². The Morgan fingerprint density at radius 1 is 0.788 bits per heavy atom. The molecule has 0 bridgehead atoms. The number of primary amides is 2. The highest BCUT2D eigenvalue weighted by Crippen LogP contribution is 2.49. The van der Waals surface area contributed by atoms with Crippen molar-refractivity contribution < 1.29 is 180 Å². The summed E-state index contributed by atoms with van der Waals surface area (Å²) in [4.78, 5) is 139. The zero-order chi connectivity index (χ0) is 77.3. The SMILES string of the molecule is CC(=O)NC1C(OC2C(COC3OC(CO)C(O)C(O)C3O)OC(OC3C(OP(=O)(O)OC[C@@H](OCC=O)C(=O)O)OC(C(N)=O)C(C)(O)C3OC(N)=O)C(NC(C)=O)C2O)OC(C)C(OC2OC(c3nc(C(=O)CCC(=O)O)nn3-c3ccc([N+](=O)[O-])c(C(=O)NCCN)c3)C(O)C(O)C2O)C1O. The Labute approximate surface area is 584 Å². The number of benzene rings is 1. The van der Waals surface area contributed by atoms with E-state index in [0.29, 0.717) is 0 Å². The van der Waals surface area contributed by atoms with E-state index in [2.05, 4.69) is 26.0 Å². The molecule has 27 atom stereocenters. The summed E-state index contributed by atoms with van der Waals surface area (Å²) in [6, 6.07) is -1.39. The maximum Gasteiger partial charge on any atom is 0.474 e. The van der Waals surface area contributed by atoms with Gasteiger partial charge in [-0.2, -0.15) is 0 Å². The molecule has 5 fully saturated rings. The molecule has 5 amide bonds. The van der Waals surface area contributed by atoms with E-state index in [1.165, 1.54) is 6.92 Å². The van der Waals surface area contributed by atoms with Gasteiger partial charge in [0.05, 0.1) is 43.0 Å². The largest absolute Gasteiger partial charge is 0.481 e. The first-order valence-electron chi connectivity index (χ1n) is 31.1. The highest BCUT2D eigenvalue weighted by molar-refractivity contribution is 7.47. The number of aldehydes is 1. The minimum atomic E-state index is -5.88. The fourth-order valence-electron chi connectivity index (χ4n) is 11.4. The van der Waals surface area contributed by atoms with Crippen LogP contribution in [0, 0.1) is 10.1 Å². The Morgan fingerprint density at radius 3 is 1.96 bits per heavy atom. The van der Waals surface area contributed by atoms with E-state index in [1.54, 1.807) is 0 Å². The Morgan fingerprint density at radius 2 is 1.38 bits per heavy atom. The number of carboxylic acids is 2. The third-order valence-electron chi connectivity index (χ3n) is 16.4. The number of aliphatic hydroxyl groups excluding tert-OH is 9. The van der Waals surface area contributed by atoms with Crippen LogP contribution >= 0.6 is 7.82 Å². The van der Waals surface area contributed by atoms with Crippen LogP contribution in [-0.2, 0) is 94.5 Å². The summed E-state index contributed by atoms with van der Waals surface area (Å²) in [7, 11) is -5.88. The molecule has 0 radical (unpaired) electrons. The third-order valence-corrected chi connectivity index (χ3v) is 17.4. The van der Waals surface area contributed by atoms with Crippen molar-refractivity contribution in [3.8, 4) is 5.69 Å². The van der Waals surface area contributed by atoms with Crippen molar-refractivity contribution in [3.05, 3.63) is 45.5 Å². The lowest BCUT2D eigenvalue weighted by Gasteiger charge is -2.52. The van der Waals surface area contributed by atoms with Crippen LogP contribution in [0.4, 0.5) is 10.5 Å². The summed E-state index contributed by atoms with van der Waals surface area (Å²) < 4.78 is 88.1. The highest BCUT2D eigenvalue weighted by Gasteiger charge is 2.62. The number of nitrogens with zero attached hydrogens (tertiary/aromatic N) is 4. The van der Waals surface area contributed by atoms with E-state index >= 15 is 0 Å². The van der Waals surface area contributed by atoms with E-state index in [4.69, 9.17) is 78.4 Å². The molecule has 104 heavy (non-hydrogen) atoms. The van der Waals surface area contributed by atoms with Crippen LogP contribution in [-0.4, -0.2) is 332 Å². The molecule has 26 unspecified atom stereocenters. The Hall–Kier alpha value is -7.54. The van der Waals surface area contributed by atoms with Crippen LogP contribution in [0.25, 0.3) is 5.69 Å². The van der Waals surface area contributed by atoms with Gasteiger partial charge in [-0.1, -0.05) is 0 Å². The molecular formula is C55H79N10O38P. The quantitative estimate of drug-likeness (QED) is 0.0104. The molecule has 1 aromatic heterocycles. The molecule has 2 aromatic rings. The number of aromatic nitrogens is 3. The van der Waals surface area contributed by atoms with Gasteiger partial charge in [-0.05, 0) is 26.0 Å². The summed E-state index contributed by atoms with van der Waals surface area (Å²) in [5, 5.41) is 156. The van der Waals surface area contributed by atoms with Gasteiger partial charge in [-0.15, -0.1) is 5.10 Å². The van der Waals surface area contributed by atoms with Crippen LogP contribution in [0.3, 0.4) is 0 Å². The molecule has 5 aliphatic heterocycles. The third kappa shape index (κ3) is 19.7. The highest BCUT2D eigenvalue weighted by atomic mass is 31.2. The molecule has 49 heteroatoms. The normalized spacial score (nSPS) is 35.2. The number of aliphatic carboxylic acids is 2. The van der Waals surface area contributed by atoms with E-state index in [-0.39, 0.29) is 25.1 Å². The zero-order valence-corrected chi connectivity index (χ0v) is 55.8. The second-order valence-electron chi connectivity index (χ2n) is 24.0. The lowest BCUT2D eigenvalue weighted by atomic mass is 9.85. The smallest absolute Gasteiger partial charge is 0.474 e. The van der Waals surface area contributed by atoms with Crippen LogP contribution in [0.1, 0.15) is 73.4 Å². The molecular weight excluding hydrogens is 1440 g/mol. The summed E-state index contributed by atoms with van der Waals surface area (Å²) >= 11 is 0. The molecule has 5 saturated heterocycles. The van der Waals surface area contributed by atoms with Crippen molar-refractivity contribution in [2.45, 2.75) is 200 Å². The number of ether oxygens (including phenoxy) is 11. The standard InChI is InChI=1S/C55H79N10O38P/c1-17-38(97-52-37(80)34(77)35(78)40(99-52)46-62-45(23(70)7-8-27(71)72)63-64(46)20-5-6-22(65(87)88)21(13-20)47(82)59-10-9-56)31(74)28(60-18(2)68)49(94-17)98-39-25(15-92-51-36(79)33(76)30(73)24(14-67)95-51)96-50(29(32(39)75)61-19(3)69)100-41-42(102-54(58)85)55(4,86)43(44(57)81)101-53(41)103-104(89,90)93-16-26(48(83)84)91-12-11-66/h5-6,11,13,17,24-26,28-43,49-53,67,73-80,86H,7-10,12,14-16,56H2,1-4H3,(H2,57,81)(H2,58,85)(H,59,82)(H,60,68)(H,61,69)(H,71,72)(H,83,84)(H,89,90)/t17?,24?,25?,26-,28?,29?,30?,31?,32?,33?,34?,35?,36?,37?,38?,39?,40?,41?,42?,43?,49?,50?,51?,52?,53?,55?/m1/s1. The van der Waals surface area contributed by atoms with Gasteiger partial charge in [0.1, 0.15) is 115 Å². The topological polar surface area (TPSA) is 742 Å². The molecule has 0 spiro atoms. The number of hydrogen-bond donors (Lipinski definition) is 19. The number of nitro benzene ring substituents is 1. The molecule has 0 aliphatic carbocycles. The van der Waals surface area contributed by atoms with Gasteiger partial charge < -0.3 is 156 Å². The molecule has 0 saturated carbocycles. The van der Waals surface area contributed by atoms with Crippen LogP contribution in [0.5, 0.6) is 0 Å². The number of Topliss-reactive ketones (excluding diaryl/α,β-unsaturated/α-hetero) is 1. The second-order valence-corrected chi connectivity index (χ2v) is 25.4. The van der Waals surface area contributed by atoms with E-state index in [0.717, 1.165) is 43.7 Å². The second kappa shape index (κ2) is 35.7. The minimum absolute atomic E-state index is 0.106. The van der Waals surface area contributed by atoms with Gasteiger partial charge in [-0.25, -0.2) is 23.8 Å². The molecule has 7 rings (SSSR count). The summed E-state index contributed by atoms with van der Waals surface area (Å²) in [5.41, 5.74) is 11.8. The number of carboxylic acid groups (broad SMARTS) is 2. The van der Waals surface area contributed by atoms with Gasteiger partial charge in [0, 0.05) is 39.4 Å². The molecule has 6 heterocycles. The molecule has 22 N–H and O–H groups in total. The number of phosphoric acid groups is 1. The van der Waals surface area contributed by atoms with Gasteiger partial charge in [-0.3, -0.25) is 47.9 Å². The fraction of sp³-hybridized carbons (Fsp3) is 0.691. The number of nitro groups is 1. The lowest BCUT2D eigenvalue weighted by Crippen LogP contribution is -2.72. The predicted molar refractivity (Wildman–Crippen MR) is 324 cm³/mol. The number of carbonyl (C=O) groups is 9. The molecule has 5 aliphatic rings. The van der Waals surface area contributed by atoms with Crippen molar-refractivity contribution in [1.29, 1.82) is 0 Å². The molecule has 1 aromatic carbocycles. The molecule has 582 valence electrons. The van der Waals surface area contributed by atoms with Crippen molar-refractivity contribution >= 4 is 67.2 Å². The van der Waals surface area contributed by atoms with Gasteiger partial charge in [0.15, 0.2) is 61.7 Å². The average Bonchev–Trinajstić information content (AvgIpc) is 0.862. The Kier molecular flexibility index (Phi) is 28.7. The van der Waals surface area contributed by atoms with Crippen molar-refractivity contribution in [1.82, 2.24) is 30.7 Å². The number of phosphoric ester groups is 1. The maximum absolute atomic E-state index is 13.7. The van der Waals surface area contributed by atoms with E-state index in [9.17, 15) is 124 Å². The van der Waals surface area contributed by atoms with Gasteiger partial charge in [0.25, 0.3) is 11.6 Å². The minimum Gasteiger partial charge on any atom is -0.481 e. The Bertz CT molecular complexity index is 3470.